The monoisotopic (exact) mass is 490 g/mol. The summed E-state index contributed by atoms with van der Waals surface area (Å²) < 4.78 is 16.7. The summed E-state index contributed by atoms with van der Waals surface area (Å²) in [6, 6.07) is 8.56. The van der Waals surface area contributed by atoms with Gasteiger partial charge in [0.2, 0.25) is 0 Å². The third kappa shape index (κ3) is 4.02. The molecule has 1 aromatic carbocycles. The summed E-state index contributed by atoms with van der Waals surface area (Å²) in [4.78, 5) is 22.4. The van der Waals surface area contributed by atoms with E-state index in [9.17, 15) is 9.35 Å². The topological polar surface area (TPSA) is 81.2 Å². The highest BCUT2D eigenvalue weighted by Gasteiger charge is 2.50. The Morgan fingerprint density at radius 1 is 1.30 bits per heavy atom. The van der Waals surface area contributed by atoms with Crippen molar-refractivity contribution in [3.05, 3.63) is 51.9 Å². The van der Waals surface area contributed by atoms with E-state index < -0.39 is 11.4 Å². The summed E-state index contributed by atoms with van der Waals surface area (Å²) in [5.74, 6) is 0.640. The van der Waals surface area contributed by atoms with Crippen LogP contribution >= 0.6 is 15.9 Å². The lowest BCUT2D eigenvalue weighted by Crippen LogP contribution is -2.50. The summed E-state index contributed by atoms with van der Waals surface area (Å²) in [7, 11) is 0. The quantitative estimate of drug-likeness (QED) is 0.515. The van der Waals surface area contributed by atoms with Crippen LogP contribution in [0.3, 0.4) is 0 Å². The Morgan fingerprint density at radius 2 is 2.00 bits per heavy atom. The summed E-state index contributed by atoms with van der Waals surface area (Å²) in [5, 5.41) is 0. The average Bonchev–Trinajstić information content (AvgIpc) is 3.01. The van der Waals surface area contributed by atoms with Crippen molar-refractivity contribution in [3.63, 3.8) is 0 Å². The zero-order chi connectivity index (χ0) is 21.5. The maximum atomic E-state index is 13.0. The number of hydrogen-bond acceptors (Lipinski definition) is 6. The second-order valence-corrected chi connectivity index (χ2v) is 12.0. The molecule has 1 spiro atoms. The molecule has 1 fully saturated rings. The van der Waals surface area contributed by atoms with Crippen LogP contribution in [0.1, 0.15) is 61.3 Å². The van der Waals surface area contributed by atoms with Crippen molar-refractivity contribution in [2.45, 2.75) is 50.8 Å². The van der Waals surface area contributed by atoms with Crippen LogP contribution < -0.4 is 9.62 Å². The number of nitrogens with zero attached hydrogens (tertiary/aromatic N) is 3. The highest BCUT2D eigenvalue weighted by atomic mass is 79.9. The lowest BCUT2D eigenvalue weighted by molar-refractivity contribution is 0.111. The van der Waals surface area contributed by atoms with Crippen molar-refractivity contribution < 1.29 is 9.35 Å². The Labute approximate surface area is 189 Å². The predicted molar refractivity (Wildman–Crippen MR) is 123 cm³/mol. The van der Waals surface area contributed by atoms with Crippen molar-refractivity contribution >= 4 is 39.4 Å². The third-order valence-corrected chi connectivity index (χ3v) is 8.17. The van der Waals surface area contributed by atoms with Crippen LogP contribution in [0.4, 0.5) is 5.82 Å². The van der Waals surface area contributed by atoms with Crippen molar-refractivity contribution in [3.8, 4) is 0 Å². The molecule has 1 N–H and O–H groups in total. The van der Waals surface area contributed by atoms with Gasteiger partial charge in [0.15, 0.2) is 12.1 Å². The highest BCUT2D eigenvalue weighted by molar-refractivity contribution is 9.10. The largest absolute Gasteiger partial charge is 0.598 e. The van der Waals surface area contributed by atoms with E-state index in [1.165, 1.54) is 11.1 Å². The fraction of sp³-hybridized carbons (Fsp3) is 0.500. The molecular weight excluding hydrogens is 464 g/mol. The number of aldehydes is 1. The molecule has 0 bridgehead atoms. The molecule has 2 heterocycles. The van der Waals surface area contributed by atoms with Gasteiger partial charge in [-0.15, -0.1) is 4.72 Å². The molecular formula is C22H27BrN4O2S. The molecule has 0 radical (unpaired) electrons. The van der Waals surface area contributed by atoms with Gasteiger partial charge in [0.05, 0.1) is 12.2 Å². The Hall–Kier alpha value is -1.48. The first kappa shape index (κ1) is 21.7. The average molecular weight is 491 g/mol. The first-order valence-electron chi connectivity index (χ1n) is 10.2. The molecule has 0 amide bonds. The number of carbonyl (C=O) groups is 1. The minimum Gasteiger partial charge on any atom is -0.598 e. The summed E-state index contributed by atoms with van der Waals surface area (Å²) in [6.07, 6.45) is 5.23. The highest BCUT2D eigenvalue weighted by Crippen LogP contribution is 2.52. The molecule has 1 aliphatic carbocycles. The van der Waals surface area contributed by atoms with E-state index in [4.69, 9.17) is 0 Å². The molecule has 2 aromatic rings. The second kappa shape index (κ2) is 8.22. The normalized spacial score (nSPS) is 21.5. The van der Waals surface area contributed by atoms with Gasteiger partial charge >= 0.3 is 0 Å². The predicted octanol–water partition coefficient (Wildman–Crippen LogP) is 3.99. The number of fused-ring (bicyclic) bond motifs is 1. The minimum absolute atomic E-state index is 0.00519. The number of rotatable bonds is 4. The van der Waals surface area contributed by atoms with Crippen LogP contribution in [0.25, 0.3) is 0 Å². The second-order valence-electron chi connectivity index (χ2n) is 9.18. The van der Waals surface area contributed by atoms with Gasteiger partial charge in [-0.3, -0.25) is 4.79 Å². The summed E-state index contributed by atoms with van der Waals surface area (Å²) in [5.41, 5.74) is 2.97. The first-order chi connectivity index (χ1) is 14.2. The molecule has 4 rings (SSSR count). The summed E-state index contributed by atoms with van der Waals surface area (Å²) in [6.45, 7) is 7.56. The molecule has 6 nitrogen and oxygen atoms in total. The summed E-state index contributed by atoms with van der Waals surface area (Å²) >= 11 is 2.13. The molecule has 1 unspecified atom stereocenters. The van der Waals surface area contributed by atoms with E-state index in [-0.39, 0.29) is 16.2 Å². The lowest BCUT2D eigenvalue weighted by Gasteiger charge is -2.44. The number of halogens is 1. The van der Waals surface area contributed by atoms with Crippen molar-refractivity contribution in [1.82, 2.24) is 14.7 Å². The fourth-order valence-corrected chi connectivity index (χ4v) is 5.82. The Bertz CT molecular complexity index is 941. The molecule has 8 heteroatoms. The van der Waals surface area contributed by atoms with Gasteiger partial charge in [-0.05, 0) is 67.1 Å². The molecule has 2 atom stereocenters. The number of aromatic nitrogens is 2. The maximum absolute atomic E-state index is 13.0. The molecule has 2 aliphatic rings. The van der Waals surface area contributed by atoms with Crippen LogP contribution in [0.2, 0.25) is 0 Å². The molecule has 0 saturated carbocycles. The van der Waals surface area contributed by atoms with Gasteiger partial charge in [-0.25, -0.2) is 9.97 Å². The van der Waals surface area contributed by atoms with Gasteiger partial charge in [0.25, 0.3) is 0 Å². The third-order valence-electron chi connectivity index (χ3n) is 6.22. The lowest BCUT2D eigenvalue weighted by atomic mass is 9.73. The molecule has 1 aliphatic heterocycles. The Kier molecular flexibility index (Phi) is 5.96. The van der Waals surface area contributed by atoms with E-state index in [2.05, 4.69) is 59.8 Å². The van der Waals surface area contributed by atoms with Crippen molar-refractivity contribution in [1.29, 1.82) is 0 Å². The number of benzene rings is 1. The standard InChI is InChI=1S/C22H27BrN4O2S/c1-21(2,3)30(29)26-19-16-7-5-4-6-15(16)12-22(19)8-10-27(11-9-22)20-17(14-28)25-18(23)13-24-20/h4-7,13-14,19,26H,8-12H2,1-3H3/t19-,30?/m1/s1. The number of anilines is 1. The van der Waals surface area contributed by atoms with E-state index in [1.54, 1.807) is 6.20 Å². The van der Waals surface area contributed by atoms with Gasteiger partial charge < -0.3 is 9.45 Å². The number of piperidine rings is 1. The molecule has 1 saturated heterocycles. The van der Waals surface area contributed by atoms with Crippen LogP contribution in [-0.2, 0) is 17.8 Å². The van der Waals surface area contributed by atoms with Gasteiger partial charge in [0, 0.05) is 29.9 Å². The van der Waals surface area contributed by atoms with Gasteiger partial charge in [0.1, 0.15) is 15.0 Å². The molecule has 30 heavy (non-hydrogen) atoms. The van der Waals surface area contributed by atoms with Crippen molar-refractivity contribution in [2.24, 2.45) is 5.41 Å². The fourth-order valence-electron chi connectivity index (χ4n) is 4.59. The van der Waals surface area contributed by atoms with Crippen LogP contribution in [0.15, 0.2) is 35.1 Å². The van der Waals surface area contributed by atoms with Gasteiger partial charge in [-0.2, -0.15) is 0 Å². The number of hydrogen-bond donors (Lipinski definition) is 1. The smallest absolute Gasteiger partial charge is 0.172 e. The maximum Gasteiger partial charge on any atom is 0.172 e. The van der Waals surface area contributed by atoms with E-state index in [0.29, 0.717) is 16.1 Å². The first-order valence-corrected chi connectivity index (χ1v) is 12.2. The van der Waals surface area contributed by atoms with E-state index >= 15 is 0 Å². The number of carbonyl (C=O) groups excluding carboxylic acids is 1. The Balaban J connectivity index is 1.59. The van der Waals surface area contributed by atoms with Gasteiger partial charge in [-0.1, -0.05) is 24.3 Å². The SMILES string of the molecule is CC(C)(C)[S+]([O-])N[C@@H]1c2ccccc2CC12CCN(c1ncc(Br)nc1C=O)CC2. The molecule has 1 aromatic heterocycles. The zero-order valence-electron chi connectivity index (χ0n) is 17.5. The van der Waals surface area contributed by atoms with Crippen molar-refractivity contribution in [2.75, 3.05) is 18.0 Å². The van der Waals surface area contributed by atoms with E-state index in [1.807, 2.05) is 20.8 Å². The van der Waals surface area contributed by atoms with E-state index in [0.717, 1.165) is 38.6 Å². The van der Waals surface area contributed by atoms with Crippen LogP contribution in [-0.4, -0.2) is 38.6 Å². The minimum atomic E-state index is -1.15. The van der Waals surface area contributed by atoms with Crippen LogP contribution in [0.5, 0.6) is 0 Å². The van der Waals surface area contributed by atoms with Crippen LogP contribution in [0, 0.1) is 5.41 Å². The zero-order valence-corrected chi connectivity index (χ0v) is 19.9. The molecule has 160 valence electrons. The number of nitrogens with one attached hydrogen (secondary N) is 1. The Morgan fingerprint density at radius 3 is 2.67 bits per heavy atom.